The molecule has 2 aromatic carbocycles. The van der Waals surface area contributed by atoms with Gasteiger partial charge < -0.3 is 10.1 Å². The molecule has 0 aromatic heterocycles. The second-order valence-electron chi connectivity index (χ2n) is 4.65. The van der Waals surface area contributed by atoms with Crippen molar-refractivity contribution in [3.8, 4) is 5.75 Å². The maximum atomic E-state index is 12.1. The summed E-state index contributed by atoms with van der Waals surface area (Å²) in [6.45, 7) is -1.02. The second-order valence-corrected chi connectivity index (χ2v) is 5.90. The Hall–Kier alpha value is -1.70. The minimum Gasteiger partial charge on any atom is -0.435 e. The fourth-order valence-electron chi connectivity index (χ4n) is 1.90. The van der Waals surface area contributed by atoms with Crippen molar-refractivity contribution in [1.82, 2.24) is 5.32 Å². The highest BCUT2D eigenvalue weighted by Gasteiger charge is 2.12. The Labute approximate surface area is 140 Å². The van der Waals surface area contributed by atoms with E-state index in [9.17, 15) is 13.6 Å². The minimum absolute atomic E-state index is 0.0925. The maximum absolute atomic E-state index is 12.1. The Kier molecular flexibility index (Phi) is 5.70. The van der Waals surface area contributed by atoms with Crippen molar-refractivity contribution in [2.45, 2.75) is 19.6 Å². The van der Waals surface area contributed by atoms with E-state index in [4.69, 9.17) is 0 Å². The molecular formula is C16H14F2INO2. The van der Waals surface area contributed by atoms with Gasteiger partial charge in [-0.25, -0.2) is 0 Å². The highest BCUT2D eigenvalue weighted by Crippen LogP contribution is 2.19. The quantitative estimate of drug-likeness (QED) is 0.734. The summed E-state index contributed by atoms with van der Waals surface area (Å²) in [6.07, 6.45) is 0. The molecular weight excluding hydrogens is 403 g/mol. The molecule has 1 N–H and O–H groups in total. The predicted molar refractivity (Wildman–Crippen MR) is 88.1 cm³/mol. The number of hydrogen-bond donors (Lipinski definition) is 1. The lowest BCUT2D eigenvalue weighted by Crippen LogP contribution is -2.26. The largest absolute Gasteiger partial charge is 0.435 e. The first-order valence-electron chi connectivity index (χ1n) is 6.57. The molecule has 2 aromatic rings. The van der Waals surface area contributed by atoms with Crippen LogP contribution in [0.4, 0.5) is 8.78 Å². The standard InChI is InChI=1S/C16H14F2INO2/c1-10(11-4-8-14(9-5-11)22-16(17)18)20-15(21)12-2-6-13(19)7-3-12/h2-10,16H,1H3,(H,20,21). The summed E-state index contributed by atoms with van der Waals surface area (Å²) >= 11 is 2.17. The van der Waals surface area contributed by atoms with Gasteiger partial charge in [-0.3, -0.25) is 4.79 Å². The monoisotopic (exact) mass is 417 g/mol. The number of nitrogens with one attached hydrogen (secondary N) is 1. The SMILES string of the molecule is CC(NC(=O)c1ccc(I)cc1)c1ccc(OC(F)F)cc1. The molecule has 3 nitrogen and oxygen atoms in total. The molecule has 0 fully saturated rings. The fraction of sp³-hybridized carbons (Fsp3) is 0.188. The molecule has 0 spiro atoms. The number of hydrogen-bond acceptors (Lipinski definition) is 2. The first-order chi connectivity index (χ1) is 10.5. The second kappa shape index (κ2) is 7.53. The van der Waals surface area contributed by atoms with Crippen LogP contribution in [0.5, 0.6) is 5.75 Å². The van der Waals surface area contributed by atoms with Gasteiger partial charge in [0, 0.05) is 9.13 Å². The van der Waals surface area contributed by atoms with Gasteiger partial charge in [0.15, 0.2) is 0 Å². The highest BCUT2D eigenvalue weighted by atomic mass is 127. The summed E-state index contributed by atoms with van der Waals surface area (Å²) < 4.78 is 29.5. The topological polar surface area (TPSA) is 38.3 Å². The number of rotatable bonds is 5. The molecule has 22 heavy (non-hydrogen) atoms. The van der Waals surface area contributed by atoms with Gasteiger partial charge in [-0.1, -0.05) is 12.1 Å². The fourth-order valence-corrected chi connectivity index (χ4v) is 2.26. The van der Waals surface area contributed by atoms with Gasteiger partial charge in [-0.2, -0.15) is 8.78 Å². The third-order valence-electron chi connectivity index (χ3n) is 3.06. The van der Waals surface area contributed by atoms with E-state index in [2.05, 4.69) is 32.6 Å². The van der Waals surface area contributed by atoms with Gasteiger partial charge in [0.25, 0.3) is 5.91 Å². The molecule has 6 heteroatoms. The Morgan fingerprint density at radius 3 is 2.23 bits per heavy atom. The molecule has 0 aliphatic carbocycles. The summed E-state index contributed by atoms with van der Waals surface area (Å²) in [4.78, 5) is 12.1. The van der Waals surface area contributed by atoms with Crippen LogP contribution in [0.2, 0.25) is 0 Å². The third-order valence-corrected chi connectivity index (χ3v) is 3.78. The summed E-state index contributed by atoms with van der Waals surface area (Å²) in [5.74, 6) is -0.0910. The molecule has 0 saturated heterocycles. The minimum atomic E-state index is -2.84. The van der Waals surface area contributed by atoms with Crippen LogP contribution in [0.3, 0.4) is 0 Å². The molecule has 2 rings (SSSR count). The Bertz CT molecular complexity index is 630. The Morgan fingerprint density at radius 1 is 1.09 bits per heavy atom. The van der Waals surface area contributed by atoms with Crippen LogP contribution in [0.1, 0.15) is 28.9 Å². The van der Waals surface area contributed by atoms with E-state index >= 15 is 0 Å². The van der Waals surface area contributed by atoms with Crippen LogP contribution in [0.25, 0.3) is 0 Å². The lowest BCUT2D eigenvalue weighted by atomic mass is 10.1. The van der Waals surface area contributed by atoms with Crippen molar-refractivity contribution in [3.05, 3.63) is 63.2 Å². The summed E-state index contributed by atoms with van der Waals surface area (Å²) in [7, 11) is 0. The van der Waals surface area contributed by atoms with Crippen LogP contribution in [-0.4, -0.2) is 12.5 Å². The van der Waals surface area contributed by atoms with Gasteiger partial charge in [-0.05, 0) is 71.5 Å². The van der Waals surface area contributed by atoms with Crippen molar-refractivity contribution >= 4 is 28.5 Å². The molecule has 116 valence electrons. The Balaban J connectivity index is 2.00. The number of ether oxygens (including phenoxy) is 1. The van der Waals surface area contributed by atoms with Crippen molar-refractivity contribution in [3.63, 3.8) is 0 Å². The van der Waals surface area contributed by atoms with Gasteiger partial charge in [0.2, 0.25) is 0 Å². The van der Waals surface area contributed by atoms with Gasteiger partial charge in [0.1, 0.15) is 5.75 Å². The van der Waals surface area contributed by atoms with Crippen LogP contribution < -0.4 is 10.1 Å². The third kappa shape index (κ3) is 4.66. The average molecular weight is 417 g/mol. The van der Waals surface area contributed by atoms with E-state index < -0.39 is 6.61 Å². The van der Waals surface area contributed by atoms with Gasteiger partial charge in [-0.15, -0.1) is 0 Å². The molecule has 0 heterocycles. The highest BCUT2D eigenvalue weighted by molar-refractivity contribution is 14.1. The summed E-state index contributed by atoms with van der Waals surface area (Å²) in [5.41, 5.74) is 1.38. The van der Waals surface area contributed by atoms with Crippen LogP contribution in [0, 0.1) is 3.57 Å². The summed E-state index contributed by atoms with van der Waals surface area (Å²) in [5, 5.41) is 2.86. The van der Waals surface area contributed by atoms with Gasteiger partial charge >= 0.3 is 6.61 Å². The molecule has 1 amide bonds. The van der Waals surface area contributed by atoms with E-state index in [0.717, 1.165) is 9.13 Å². The number of carbonyl (C=O) groups excluding carboxylic acids is 1. The average Bonchev–Trinajstić information content (AvgIpc) is 2.48. The Morgan fingerprint density at radius 2 is 1.68 bits per heavy atom. The van der Waals surface area contributed by atoms with E-state index in [1.807, 2.05) is 19.1 Å². The first kappa shape index (κ1) is 16.7. The molecule has 0 saturated carbocycles. The zero-order valence-electron chi connectivity index (χ0n) is 11.7. The van der Waals surface area contributed by atoms with Crippen molar-refractivity contribution in [2.75, 3.05) is 0 Å². The zero-order valence-corrected chi connectivity index (χ0v) is 13.9. The predicted octanol–water partition coefficient (Wildman–Crippen LogP) is 4.38. The lowest BCUT2D eigenvalue weighted by molar-refractivity contribution is -0.0498. The number of benzene rings is 2. The normalized spacial score (nSPS) is 12.0. The number of amides is 1. The van der Waals surface area contributed by atoms with Crippen molar-refractivity contribution < 1.29 is 18.3 Å². The maximum Gasteiger partial charge on any atom is 0.387 e. The number of alkyl halides is 2. The smallest absolute Gasteiger partial charge is 0.387 e. The molecule has 1 unspecified atom stereocenters. The first-order valence-corrected chi connectivity index (χ1v) is 7.65. The molecule has 1 atom stereocenters. The van der Waals surface area contributed by atoms with E-state index in [-0.39, 0.29) is 17.7 Å². The van der Waals surface area contributed by atoms with Crippen LogP contribution in [0.15, 0.2) is 48.5 Å². The molecule has 0 radical (unpaired) electrons. The lowest BCUT2D eigenvalue weighted by Gasteiger charge is -2.15. The van der Waals surface area contributed by atoms with E-state index in [0.29, 0.717) is 5.56 Å². The number of carbonyl (C=O) groups is 1. The zero-order chi connectivity index (χ0) is 16.1. The molecule has 0 aliphatic rings. The van der Waals surface area contributed by atoms with Crippen LogP contribution >= 0.6 is 22.6 Å². The summed E-state index contributed by atoms with van der Waals surface area (Å²) in [6, 6.07) is 13.2. The van der Waals surface area contributed by atoms with Crippen molar-refractivity contribution in [1.29, 1.82) is 0 Å². The van der Waals surface area contributed by atoms with E-state index in [1.54, 1.807) is 24.3 Å². The molecule has 0 bridgehead atoms. The van der Waals surface area contributed by atoms with Gasteiger partial charge in [0.05, 0.1) is 6.04 Å². The number of halogens is 3. The van der Waals surface area contributed by atoms with Crippen molar-refractivity contribution in [2.24, 2.45) is 0 Å². The van der Waals surface area contributed by atoms with E-state index in [1.165, 1.54) is 12.1 Å². The molecule has 0 aliphatic heterocycles. The van der Waals surface area contributed by atoms with Crippen LogP contribution in [-0.2, 0) is 0 Å².